The molecule has 4 atom stereocenters. The molecule has 0 aliphatic heterocycles. The van der Waals surface area contributed by atoms with E-state index in [9.17, 15) is 50.1 Å². The van der Waals surface area contributed by atoms with E-state index in [1.807, 2.05) is 0 Å². The van der Waals surface area contributed by atoms with Crippen molar-refractivity contribution in [1.29, 1.82) is 0 Å². The molecular formula is C26H30ClF3N2O8S2. The fourth-order valence-electron chi connectivity index (χ4n) is 5.91. The van der Waals surface area contributed by atoms with Gasteiger partial charge in [-0.2, -0.15) is 0 Å². The fraction of sp³-hybridized carbons (Fsp3) is 0.500. The Hall–Kier alpha value is -2.27. The highest BCUT2D eigenvalue weighted by Gasteiger charge is 2.56. The van der Waals surface area contributed by atoms with Crippen molar-refractivity contribution in [2.75, 3.05) is 18.1 Å². The first-order valence-corrected chi connectivity index (χ1v) is 16.8. The topological polar surface area (TPSA) is 170 Å². The number of hydrogen-bond acceptors (Lipinski definition) is 8. The SMILES string of the molecule is CS(=O)(=O)NCC(O)C(O)CC1(O)C2CCC1CC(S(=O)(=O)c1cc(C(=O)Nc3cc(F)c(F)c(F)c3)ccc1Cl)C2. The summed E-state index contributed by atoms with van der Waals surface area (Å²) in [4.78, 5) is 12.4. The van der Waals surface area contributed by atoms with Crippen LogP contribution in [0.1, 0.15) is 42.5 Å². The van der Waals surface area contributed by atoms with Crippen LogP contribution in [0, 0.1) is 29.3 Å². The number of amides is 1. The first kappa shape index (κ1) is 32.6. The van der Waals surface area contributed by atoms with E-state index in [1.54, 1.807) is 0 Å². The molecule has 0 heterocycles. The molecule has 0 spiro atoms. The summed E-state index contributed by atoms with van der Waals surface area (Å²) in [6.45, 7) is -0.462. The Bertz CT molecular complexity index is 1550. The summed E-state index contributed by atoms with van der Waals surface area (Å²) in [7, 11) is -7.79. The number of fused-ring (bicyclic) bond motifs is 2. The standard InChI is InChI=1S/C26H30ClF3N2O8S2/c1-41(37,38)31-12-22(34)21(33)11-26(36)14-3-4-15(26)8-17(7-14)42(39,40)23-6-13(2-5-18(23)27)25(35)32-16-9-19(28)24(30)20(29)10-16/h2,5-6,9-10,14-15,17,21-22,31,33-34,36H,3-4,7-8,11-12H2,1H3,(H,32,35). The summed E-state index contributed by atoms with van der Waals surface area (Å²) in [6.07, 6.45) is -1.46. The van der Waals surface area contributed by atoms with Gasteiger partial charge < -0.3 is 20.6 Å². The molecule has 0 aromatic heterocycles. The van der Waals surface area contributed by atoms with E-state index in [2.05, 4.69) is 10.0 Å². The molecule has 42 heavy (non-hydrogen) atoms. The minimum Gasteiger partial charge on any atom is -0.390 e. The van der Waals surface area contributed by atoms with Gasteiger partial charge in [-0.05, 0) is 55.7 Å². The molecule has 2 saturated carbocycles. The predicted molar refractivity (Wildman–Crippen MR) is 147 cm³/mol. The van der Waals surface area contributed by atoms with Crippen molar-refractivity contribution in [3.05, 3.63) is 58.4 Å². The molecule has 2 aliphatic rings. The molecule has 4 unspecified atom stereocenters. The van der Waals surface area contributed by atoms with Crippen LogP contribution in [0.3, 0.4) is 0 Å². The molecule has 4 rings (SSSR count). The molecule has 2 aliphatic carbocycles. The predicted octanol–water partition coefficient (Wildman–Crippen LogP) is 2.36. The first-order chi connectivity index (χ1) is 19.4. The second-order valence-corrected chi connectivity index (χ2v) is 15.4. The summed E-state index contributed by atoms with van der Waals surface area (Å²) >= 11 is 6.22. The number of carbonyl (C=O) groups excluding carboxylic acids is 1. The van der Waals surface area contributed by atoms with Crippen molar-refractivity contribution in [3.8, 4) is 0 Å². The fourth-order valence-corrected chi connectivity index (χ4v) is 8.79. The van der Waals surface area contributed by atoms with Crippen LogP contribution in [0.4, 0.5) is 18.9 Å². The van der Waals surface area contributed by atoms with Crippen molar-refractivity contribution >= 4 is 43.1 Å². The summed E-state index contributed by atoms with van der Waals surface area (Å²) in [5.74, 6) is -6.81. The van der Waals surface area contributed by atoms with Gasteiger partial charge in [-0.25, -0.2) is 34.7 Å². The van der Waals surface area contributed by atoms with E-state index in [1.165, 1.54) is 12.1 Å². The average Bonchev–Trinajstić information content (AvgIpc) is 3.05. The molecule has 2 bridgehead atoms. The van der Waals surface area contributed by atoms with Crippen molar-refractivity contribution in [2.45, 2.75) is 60.1 Å². The number of sulfonamides is 1. The molecule has 0 radical (unpaired) electrons. The Balaban J connectivity index is 1.50. The number of carbonyl (C=O) groups is 1. The Morgan fingerprint density at radius 2 is 1.60 bits per heavy atom. The number of rotatable bonds is 10. The van der Waals surface area contributed by atoms with Gasteiger partial charge >= 0.3 is 0 Å². The number of aliphatic hydroxyl groups excluding tert-OH is 2. The van der Waals surface area contributed by atoms with Gasteiger partial charge in [0.05, 0.1) is 39.2 Å². The van der Waals surface area contributed by atoms with Crippen molar-refractivity contribution in [3.63, 3.8) is 0 Å². The smallest absolute Gasteiger partial charge is 0.255 e. The Labute approximate surface area is 245 Å². The van der Waals surface area contributed by atoms with E-state index >= 15 is 0 Å². The van der Waals surface area contributed by atoms with Crippen LogP contribution in [0.25, 0.3) is 0 Å². The summed E-state index contributed by atoms with van der Waals surface area (Å²) in [6, 6.07) is 4.57. The molecule has 2 aromatic rings. The average molecular weight is 655 g/mol. The van der Waals surface area contributed by atoms with Gasteiger partial charge in [0.15, 0.2) is 27.3 Å². The third-order valence-electron chi connectivity index (χ3n) is 8.09. The molecule has 2 aromatic carbocycles. The number of sulfone groups is 1. The quantitative estimate of drug-likeness (QED) is 0.243. The maximum absolute atomic E-state index is 13.7. The van der Waals surface area contributed by atoms with E-state index in [4.69, 9.17) is 11.6 Å². The molecule has 5 N–H and O–H groups in total. The highest BCUT2D eigenvalue weighted by atomic mass is 35.5. The van der Waals surface area contributed by atoms with Crippen LogP contribution < -0.4 is 10.0 Å². The normalized spacial score (nSPS) is 25.7. The lowest BCUT2D eigenvalue weighted by molar-refractivity contribution is -0.108. The van der Waals surface area contributed by atoms with Crippen LogP contribution >= 0.6 is 11.6 Å². The lowest BCUT2D eigenvalue weighted by atomic mass is 9.71. The number of halogens is 4. The first-order valence-electron chi connectivity index (χ1n) is 12.9. The molecule has 2 fully saturated rings. The minimum absolute atomic E-state index is 0.000619. The van der Waals surface area contributed by atoms with Crippen LogP contribution in [-0.2, 0) is 19.9 Å². The van der Waals surface area contributed by atoms with Gasteiger partial charge in [-0.1, -0.05) is 11.6 Å². The second kappa shape index (κ2) is 12.0. The van der Waals surface area contributed by atoms with E-state index in [0.717, 1.165) is 12.3 Å². The van der Waals surface area contributed by atoms with Crippen molar-refractivity contribution in [1.82, 2.24) is 4.72 Å². The monoisotopic (exact) mass is 654 g/mol. The van der Waals surface area contributed by atoms with Crippen molar-refractivity contribution < 1.29 is 50.1 Å². The lowest BCUT2D eigenvalue weighted by Crippen LogP contribution is -2.52. The third kappa shape index (κ3) is 6.77. The Morgan fingerprint density at radius 1 is 1.02 bits per heavy atom. The van der Waals surface area contributed by atoms with Gasteiger partial charge in [-0.15, -0.1) is 0 Å². The third-order valence-corrected chi connectivity index (χ3v) is 11.4. The number of aliphatic hydroxyl groups is 3. The van der Waals surface area contributed by atoms with Gasteiger partial charge in [-0.3, -0.25) is 4.79 Å². The van der Waals surface area contributed by atoms with Gasteiger partial charge in [0.25, 0.3) is 5.91 Å². The summed E-state index contributed by atoms with van der Waals surface area (Å²) in [5, 5.41) is 33.2. The molecule has 1 amide bonds. The molecule has 16 heteroatoms. The maximum Gasteiger partial charge on any atom is 0.255 e. The molecule has 232 valence electrons. The second-order valence-electron chi connectivity index (χ2n) is 10.9. The number of benzene rings is 2. The van der Waals surface area contributed by atoms with Crippen LogP contribution in [0.2, 0.25) is 5.02 Å². The van der Waals surface area contributed by atoms with Gasteiger partial charge in [0.2, 0.25) is 10.0 Å². The van der Waals surface area contributed by atoms with E-state index in [-0.39, 0.29) is 34.7 Å². The molecule has 0 saturated heterocycles. The lowest BCUT2D eigenvalue weighted by Gasteiger charge is -2.44. The number of hydrogen-bond donors (Lipinski definition) is 5. The summed E-state index contributed by atoms with van der Waals surface area (Å²) < 4.78 is 92.4. The zero-order valence-corrected chi connectivity index (χ0v) is 24.6. The van der Waals surface area contributed by atoms with Crippen LogP contribution in [0.5, 0.6) is 0 Å². The Kier molecular flexibility index (Phi) is 9.34. The van der Waals surface area contributed by atoms with E-state index < -0.39 is 90.3 Å². The van der Waals surface area contributed by atoms with E-state index in [0.29, 0.717) is 25.0 Å². The largest absolute Gasteiger partial charge is 0.390 e. The molecular weight excluding hydrogens is 625 g/mol. The maximum atomic E-state index is 13.7. The number of nitrogens with one attached hydrogen (secondary N) is 2. The zero-order chi connectivity index (χ0) is 31.2. The van der Waals surface area contributed by atoms with Crippen molar-refractivity contribution in [2.24, 2.45) is 11.8 Å². The molecule has 10 nitrogen and oxygen atoms in total. The number of anilines is 1. The minimum atomic E-state index is -4.17. The highest BCUT2D eigenvalue weighted by Crippen LogP contribution is 2.54. The Morgan fingerprint density at radius 3 is 2.14 bits per heavy atom. The van der Waals surface area contributed by atoms with Crippen LogP contribution in [0.15, 0.2) is 35.2 Å². The zero-order valence-electron chi connectivity index (χ0n) is 22.2. The highest BCUT2D eigenvalue weighted by molar-refractivity contribution is 7.92. The van der Waals surface area contributed by atoms with Crippen LogP contribution in [-0.4, -0.2) is 73.9 Å². The van der Waals surface area contributed by atoms with Gasteiger partial charge in [0, 0.05) is 36.3 Å². The van der Waals surface area contributed by atoms with Gasteiger partial charge in [0.1, 0.15) is 0 Å². The summed E-state index contributed by atoms with van der Waals surface area (Å²) in [5.41, 5.74) is -2.08.